The van der Waals surface area contributed by atoms with Gasteiger partial charge in [-0.1, -0.05) is 42.5 Å². The Balaban J connectivity index is 1.86. The van der Waals surface area contributed by atoms with E-state index in [2.05, 4.69) is 53.1 Å². The van der Waals surface area contributed by atoms with E-state index in [1.54, 1.807) is 14.2 Å². The standard InChI is InChI=1S/C31H39N5O3/c1-31(2,37)23-10-11-24-26(17-23)36(29(20-8-6-5-7-9-20)21-12-14-39-15-13-21)27-16-22(18-34-28(24)27)30(35(3)33)25(32)19-38-4/h5-11,16-18,21,29,37H,12-15,19,32-33H2,1-4H3/b30-25-. The Hall–Kier alpha value is -3.43. The van der Waals surface area contributed by atoms with Crippen molar-refractivity contribution in [3.8, 4) is 0 Å². The molecule has 0 saturated carbocycles. The predicted molar refractivity (Wildman–Crippen MR) is 156 cm³/mol. The molecule has 0 spiro atoms. The highest BCUT2D eigenvalue weighted by Gasteiger charge is 2.31. The second-order valence-electron chi connectivity index (χ2n) is 11.0. The van der Waals surface area contributed by atoms with Gasteiger partial charge in [0.15, 0.2) is 0 Å². The summed E-state index contributed by atoms with van der Waals surface area (Å²) in [5.74, 6) is 6.62. The van der Waals surface area contributed by atoms with Gasteiger partial charge < -0.3 is 29.9 Å². The Bertz CT molecular complexity index is 1480. The molecule has 2 aromatic carbocycles. The van der Waals surface area contributed by atoms with Crippen molar-refractivity contribution in [3.05, 3.63) is 83.2 Å². The van der Waals surface area contributed by atoms with Crippen LogP contribution in [-0.2, 0) is 15.1 Å². The van der Waals surface area contributed by atoms with E-state index in [0.717, 1.165) is 59.1 Å². The molecule has 1 saturated heterocycles. The first-order valence-electron chi connectivity index (χ1n) is 13.5. The lowest BCUT2D eigenvalue weighted by Crippen LogP contribution is -2.28. The first kappa shape index (κ1) is 27.1. The maximum atomic E-state index is 10.9. The molecule has 5 rings (SSSR count). The summed E-state index contributed by atoms with van der Waals surface area (Å²) in [6.07, 6.45) is 3.73. The van der Waals surface area contributed by atoms with E-state index < -0.39 is 5.60 Å². The Morgan fingerprint density at radius 3 is 2.51 bits per heavy atom. The van der Waals surface area contributed by atoms with Crippen LogP contribution < -0.4 is 11.6 Å². The molecular formula is C31H39N5O3. The zero-order valence-electron chi connectivity index (χ0n) is 23.2. The number of fused-ring (bicyclic) bond motifs is 3. The van der Waals surface area contributed by atoms with Crippen molar-refractivity contribution in [2.75, 3.05) is 34.0 Å². The van der Waals surface area contributed by atoms with Gasteiger partial charge in [-0.05, 0) is 55.9 Å². The zero-order valence-corrected chi connectivity index (χ0v) is 23.2. The highest BCUT2D eigenvalue weighted by molar-refractivity contribution is 6.06. The Labute approximate surface area is 229 Å². The third-order valence-electron chi connectivity index (χ3n) is 7.71. The maximum Gasteiger partial charge on any atom is 0.0960 e. The van der Waals surface area contributed by atoms with Gasteiger partial charge in [-0.3, -0.25) is 4.98 Å². The number of rotatable bonds is 8. The first-order chi connectivity index (χ1) is 18.7. The van der Waals surface area contributed by atoms with E-state index >= 15 is 0 Å². The molecule has 2 aromatic heterocycles. The van der Waals surface area contributed by atoms with Crippen molar-refractivity contribution in [1.29, 1.82) is 0 Å². The molecule has 1 fully saturated rings. The summed E-state index contributed by atoms with van der Waals surface area (Å²) in [5, 5.41) is 13.5. The molecule has 4 aromatic rings. The Kier molecular flexibility index (Phi) is 7.64. The van der Waals surface area contributed by atoms with Crippen LogP contribution in [0.4, 0.5) is 0 Å². The lowest BCUT2D eigenvalue weighted by atomic mass is 9.86. The van der Waals surface area contributed by atoms with Gasteiger partial charge in [-0.2, -0.15) is 0 Å². The van der Waals surface area contributed by atoms with E-state index in [-0.39, 0.29) is 12.6 Å². The number of methoxy groups -OCH3 is 1. The van der Waals surface area contributed by atoms with Crippen molar-refractivity contribution in [2.45, 2.75) is 38.3 Å². The van der Waals surface area contributed by atoms with Crippen LogP contribution >= 0.6 is 0 Å². The van der Waals surface area contributed by atoms with Gasteiger partial charge >= 0.3 is 0 Å². The Morgan fingerprint density at radius 2 is 1.87 bits per heavy atom. The smallest absolute Gasteiger partial charge is 0.0960 e. The second-order valence-corrected chi connectivity index (χ2v) is 11.0. The molecule has 1 aliphatic heterocycles. The van der Waals surface area contributed by atoms with Crippen LogP contribution in [0.1, 0.15) is 49.4 Å². The lowest BCUT2D eigenvalue weighted by Gasteiger charge is -2.33. The summed E-state index contributed by atoms with van der Waals surface area (Å²) in [6, 6.07) is 19.0. The van der Waals surface area contributed by atoms with Crippen LogP contribution in [0.5, 0.6) is 0 Å². The van der Waals surface area contributed by atoms with Gasteiger partial charge in [-0.25, -0.2) is 5.84 Å². The monoisotopic (exact) mass is 529 g/mol. The number of hydrazine groups is 1. The topological polar surface area (TPSA) is 112 Å². The van der Waals surface area contributed by atoms with Crippen LogP contribution in [0.2, 0.25) is 0 Å². The third-order valence-corrected chi connectivity index (χ3v) is 7.71. The highest BCUT2D eigenvalue weighted by atomic mass is 16.5. The van der Waals surface area contributed by atoms with Gasteiger partial charge in [0.25, 0.3) is 0 Å². The molecule has 8 nitrogen and oxygen atoms in total. The molecule has 1 atom stereocenters. The van der Waals surface area contributed by atoms with Crippen molar-refractivity contribution >= 4 is 27.6 Å². The fraction of sp³-hybridized carbons (Fsp3) is 0.387. The van der Waals surface area contributed by atoms with Gasteiger partial charge in [0.05, 0.1) is 46.2 Å². The average molecular weight is 530 g/mol. The van der Waals surface area contributed by atoms with Crippen LogP contribution in [0, 0.1) is 5.92 Å². The van der Waals surface area contributed by atoms with E-state index in [1.807, 2.05) is 26.1 Å². The molecule has 8 heteroatoms. The van der Waals surface area contributed by atoms with Gasteiger partial charge in [0, 0.05) is 44.5 Å². The number of nitrogens with two attached hydrogens (primary N) is 2. The summed E-state index contributed by atoms with van der Waals surface area (Å²) in [4.78, 5) is 4.97. The van der Waals surface area contributed by atoms with Crippen molar-refractivity contribution in [1.82, 2.24) is 14.6 Å². The summed E-state index contributed by atoms with van der Waals surface area (Å²) >= 11 is 0. The van der Waals surface area contributed by atoms with Gasteiger partial charge in [-0.15, -0.1) is 0 Å². The molecule has 206 valence electrons. The summed E-state index contributed by atoms with van der Waals surface area (Å²) in [6.45, 7) is 5.36. The molecule has 3 heterocycles. The number of aliphatic hydroxyl groups is 1. The molecule has 0 amide bonds. The molecule has 39 heavy (non-hydrogen) atoms. The Morgan fingerprint density at radius 1 is 1.15 bits per heavy atom. The fourth-order valence-electron chi connectivity index (χ4n) is 5.87. The molecule has 0 radical (unpaired) electrons. The summed E-state index contributed by atoms with van der Waals surface area (Å²) < 4.78 is 13.5. The van der Waals surface area contributed by atoms with Crippen LogP contribution in [0.3, 0.4) is 0 Å². The van der Waals surface area contributed by atoms with Crippen LogP contribution in [0.25, 0.3) is 27.6 Å². The van der Waals surface area contributed by atoms with E-state index in [4.69, 9.17) is 26.0 Å². The molecular weight excluding hydrogens is 490 g/mol. The van der Waals surface area contributed by atoms with Crippen LogP contribution in [-0.4, -0.2) is 53.6 Å². The average Bonchev–Trinajstić information content (AvgIpc) is 3.23. The van der Waals surface area contributed by atoms with Crippen LogP contribution in [0.15, 0.2) is 66.5 Å². The number of ether oxygens (including phenoxy) is 2. The minimum Gasteiger partial charge on any atom is -0.398 e. The third kappa shape index (κ3) is 5.25. The number of nitrogens with zero attached hydrogens (tertiary/aromatic N) is 3. The predicted octanol–water partition coefficient (Wildman–Crippen LogP) is 4.51. The number of hydrogen-bond donors (Lipinski definition) is 3. The highest BCUT2D eigenvalue weighted by Crippen LogP contribution is 2.41. The lowest BCUT2D eigenvalue weighted by molar-refractivity contribution is 0.0552. The SMILES string of the molecule is COC/C(N)=C(\c1cnc2c3ccc(C(C)(C)O)cc3n(C(c3ccccc3)C3CCOCC3)c2c1)N(C)N. The normalized spacial score (nSPS) is 16.5. The number of aromatic nitrogens is 2. The molecule has 1 aliphatic rings. The number of hydrogen-bond acceptors (Lipinski definition) is 7. The molecule has 0 aliphatic carbocycles. The summed E-state index contributed by atoms with van der Waals surface area (Å²) in [5.41, 5.74) is 12.4. The van der Waals surface area contributed by atoms with Crippen molar-refractivity contribution in [3.63, 3.8) is 0 Å². The van der Waals surface area contributed by atoms with Crippen molar-refractivity contribution in [2.24, 2.45) is 17.5 Å². The summed E-state index contributed by atoms with van der Waals surface area (Å²) in [7, 11) is 3.38. The van der Waals surface area contributed by atoms with E-state index in [1.165, 1.54) is 10.6 Å². The number of benzene rings is 2. The zero-order chi connectivity index (χ0) is 27.7. The van der Waals surface area contributed by atoms with E-state index in [0.29, 0.717) is 17.3 Å². The second kappa shape index (κ2) is 11.0. The maximum absolute atomic E-state index is 10.9. The fourth-order valence-corrected chi connectivity index (χ4v) is 5.87. The quantitative estimate of drug-likeness (QED) is 0.227. The molecule has 1 unspecified atom stereocenters. The largest absolute Gasteiger partial charge is 0.398 e. The van der Waals surface area contributed by atoms with Gasteiger partial charge in [0.2, 0.25) is 0 Å². The van der Waals surface area contributed by atoms with E-state index in [9.17, 15) is 5.11 Å². The minimum atomic E-state index is -0.984. The van der Waals surface area contributed by atoms with Crippen molar-refractivity contribution < 1.29 is 14.6 Å². The molecule has 0 bridgehead atoms. The number of pyridine rings is 1. The molecule has 5 N–H and O–H groups in total. The minimum absolute atomic E-state index is 0.0450. The van der Waals surface area contributed by atoms with Gasteiger partial charge in [0.1, 0.15) is 0 Å². The first-order valence-corrected chi connectivity index (χ1v) is 13.5.